The van der Waals surface area contributed by atoms with Gasteiger partial charge < -0.3 is 5.73 Å². The number of hydrogen-bond acceptors (Lipinski definition) is 6. The zero-order chi connectivity index (χ0) is 18.2. The third kappa shape index (κ3) is 5.98. The fourth-order valence-electron chi connectivity index (χ4n) is 1.85. The maximum absolute atomic E-state index is 11.0. The molecule has 0 bridgehead atoms. The number of nitrogens with zero attached hydrogens (tertiary/aromatic N) is 2. The van der Waals surface area contributed by atoms with Crippen LogP contribution in [-0.4, -0.2) is 21.7 Å². The Kier molecular flexibility index (Phi) is 6.61. The molecule has 1 aromatic carbocycles. The van der Waals surface area contributed by atoms with E-state index < -0.39 is 0 Å². The highest BCUT2D eigenvalue weighted by Crippen LogP contribution is 2.23. The lowest BCUT2D eigenvalue weighted by Gasteiger charge is -2.02. The third-order valence-electron chi connectivity index (χ3n) is 2.89. The summed E-state index contributed by atoms with van der Waals surface area (Å²) in [4.78, 5) is 16.2. The molecule has 0 unspecified atom stereocenters. The Morgan fingerprint density at radius 2 is 2.08 bits per heavy atom. The molecule has 0 saturated carbocycles. The van der Waals surface area contributed by atoms with Gasteiger partial charge in [0.2, 0.25) is 11.0 Å². The summed E-state index contributed by atoms with van der Waals surface area (Å²) >= 11 is 6.17. The fourth-order valence-corrected chi connectivity index (χ4v) is 2.78. The molecule has 0 spiro atoms. The molecule has 5 N–H and O–H groups in total. The van der Waals surface area contributed by atoms with Gasteiger partial charge in [-0.15, -0.1) is 0 Å². The summed E-state index contributed by atoms with van der Waals surface area (Å²) in [6.07, 6.45) is 3.78. The van der Waals surface area contributed by atoms with Crippen LogP contribution in [-0.2, 0) is 4.79 Å². The number of aryl methyl sites for hydroxylation is 1. The molecular weight excluding hydrogens is 356 g/mol. The van der Waals surface area contributed by atoms with Gasteiger partial charge in [0.1, 0.15) is 5.71 Å². The number of thiocarbonyl (C=S) groups is 1. The lowest BCUT2D eigenvalue weighted by Crippen LogP contribution is -2.26. The van der Waals surface area contributed by atoms with Gasteiger partial charge >= 0.3 is 0 Å². The lowest BCUT2D eigenvalue weighted by molar-refractivity contribution is -0.118. The van der Waals surface area contributed by atoms with Crippen molar-refractivity contribution in [1.29, 1.82) is 0 Å². The van der Waals surface area contributed by atoms with E-state index in [1.54, 1.807) is 0 Å². The largest absolute Gasteiger partial charge is 0.375 e. The highest BCUT2D eigenvalue weighted by Gasteiger charge is 2.12. The number of amides is 1. The second kappa shape index (κ2) is 8.90. The summed E-state index contributed by atoms with van der Waals surface area (Å²) in [6.45, 7) is 3.27. The summed E-state index contributed by atoms with van der Waals surface area (Å²) in [7, 11) is 0. The number of allylic oxidation sites excluding steroid dienone is 1. The molecule has 1 aromatic heterocycles. The normalized spacial score (nSPS) is 11.4. The number of hydrogen-bond donors (Lipinski definition) is 4. The van der Waals surface area contributed by atoms with E-state index in [0.717, 1.165) is 16.1 Å². The first-order valence-corrected chi connectivity index (χ1v) is 8.55. The van der Waals surface area contributed by atoms with Crippen LogP contribution in [0.4, 0.5) is 5.13 Å². The number of anilines is 1. The monoisotopic (exact) mass is 374 g/mol. The molecule has 25 heavy (non-hydrogen) atoms. The number of hydrazine groups is 1. The van der Waals surface area contributed by atoms with Crippen LogP contribution in [0.5, 0.6) is 0 Å². The molecule has 9 heteroatoms. The van der Waals surface area contributed by atoms with Crippen LogP contribution >= 0.6 is 23.6 Å². The minimum Gasteiger partial charge on any atom is -0.375 e. The molecule has 2 rings (SSSR count). The minimum atomic E-state index is -0.206. The Bertz CT molecular complexity index is 813. The fraction of sp³-hybridized carbons (Fsp3) is 0.125. The second-order valence-electron chi connectivity index (χ2n) is 4.96. The van der Waals surface area contributed by atoms with Gasteiger partial charge in [0.05, 0.1) is 10.6 Å². The van der Waals surface area contributed by atoms with Gasteiger partial charge in [0, 0.05) is 6.92 Å². The van der Waals surface area contributed by atoms with E-state index in [2.05, 4.69) is 26.4 Å². The molecule has 7 nitrogen and oxygen atoms in total. The van der Waals surface area contributed by atoms with Crippen LogP contribution in [0.1, 0.15) is 23.1 Å². The summed E-state index contributed by atoms with van der Waals surface area (Å²) < 4.78 is 0. The Labute approximate surface area is 155 Å². The van der Waals surface area contributed by atoms with Crippen LogP contribution in [0.2, 0.25) is 0 Å². The van der Waals surface area contributed by atoms with Gasteiger partial charge in [-0.25, -0.2) is 4.98 Å². The van der Waals surface area contributed by atoms with E-state index in [9.17, 15) is 4.79 Å². The minimum absolute atomic E-state index is 0.0735. The SMILES string of the molecule is CC(=O)NNc1nc(C)c(C(/C=C/c2ccccc2)=N/NC(N)=S)s1. The highest BCUT2D eigenvalue weighted by molar-refractivity contribution is 7.80. The Morgan fingerprint density at radius 3 is 2.72 bits per heavy atom. The van der Waals surface area contributed by atoms with Crippen molar-refractivity contribution in [3.63, 3.8) is 0 Å². The number of hydrazone groups is 1. The molecule has 1 heterocycles. The van der Waals surface area contributed by atoms with Crippen molar-refractivity contribution in [1.82, 2.24) is 15.8 Å². The number of aromatic nitrogens is 1. The number of nitrogens with one attached hydrogen (secondary N) is 3. The molecule has 0 aliphatic rings. The molecule has 0 fully saturated rings. The third-order valence-corrected chi connectivity index (χ3v) is 4.08. The second-order valence-corrected chi connectivity index (χ2v) is 6.40. The van der Waals surface area contributed by atoms with Crippen LogP contribution in [0.15, 0.2) is 41.5 Å². The Morgan fingerprint density at radius 1 is 1.36 bits per heavy atom. The zero-order valence-electron chi connectivity index (χ0n) is 13.7. The molecule has 0 aliphatic carbocycles. The molecule has 1 amide bonds. The first-order valence-electron chi connectivity index (χ1n) is 7.32. The van der Waals surface area contributed by atoms with Crippen LogP contribution in [0, 0.1) is 6.92 Å². The number of benzene rings is 1. The summed E-state index contributed by atoms with van der Waals surface area (Å²) in [6, 6.07) is 9.83. The van der Waals surface area contributed by atoms with Gasteiger partial charge in [-0.05, 0) is 30.8 Å². The summed E-state index contributed by atoms with van der Waals surface area (Å²) in [5, 5.41) is 4.87. The summed E-state index contributed by atoms with van der Waals surface area (Å²) in [5.41, 5.74) is 15.7. The number of carbonyl (C=O) groups excluding carboxylic acids is 1. The highest BCUT2D eigenvalue weighted by atomic mass is 32.1. The molecule has 0 saturated heterocycles. The number of carbonyl (C=O) groups is 1. The van der Waals surface area contributed by atoms with Crippen molar-refractivity contribution in [3.8, 4) is 0 Å². The van der Waals surface area contributed by atoms with Crippen molar-refractivity contribution >= 4 is 51.5 Å². The molecule has 0 aliphatic heterocycles. The van der Waals surface area contributed by atoms with Crippen molar-refractivity contribution < 1.29 is 4.79 Å². The molecule has 0 atom stereocenters. The smallest absolute Gasteiger partial charge is 0.235 e. The Balaban J connectivity index is 2.29. The molecule has 130 valence electrons. The average Bonchev–Trinajstić information content (AvgIpc) is 2.94. The molecule has 0 radical (unpaired) electrons. The lowest BCUT2D eigenvalue weighted by atomic mass is 10.1. The van der Waals surface area contributed by atoms with Crippen LogP contribution < -0.4 is 22.0 Å². The predicted octanol–water partition coefficient (Wildman–Crippen LogP) is 2.17. The van der Waals surface area contributed by atoms with Crippen LogP contribution in [0.3, 0.4) is 0 Å². The van der Waals surface area contributed by atoms with Gasteiger partial charge in [-0.2, -0.15) is 5.10 Å². The van der Waals surface area contributed by atoms with Gasteiger partial charge in [0.15, 0.2) is 5.11 Å². The standard InChI is InChI=1S/C16H18N6OS2/c1-10-14(25-16(18-10)22-19-11(2)23)13(20-21-15(17)24)9-8-12-6-4-3-5-7-12/h3-9H,1-2H3,(H,18,22)(H,19,23)(H3,17,21,24)/b9-8+,20-13+. The van der Waals surface area contributed by atoms with E-state index in [4.69, 9.17) is 18.0 Å². The first kappa shape index (κ1) is 18.6. The van der Waals surface area contributed by atoms with Gasteiger partial charge in [0.25, 0.3) is 0 Å². The first-order chi connectivity index (χ1) is 12.0. The average molecular weight is 374 g/mol. The zero-order valence-corrected chi connectivity index (χ0v) is 15.4. The van der Waals surface area contributed by atoms with Crippen LogP contribution in [0.25, 0.3) is 6.08 Å². The van der Waals surface area contributed by atoms with Gasteiger partial charge in [-0.1, -0.05) is 47.7 Å². The maximum atomic E-state index is 11.0. The van der Waals surface area contributed by atoms with E-state index in [1.165, 1.54) is 18.3 Å². The van der Waals surface area contributed by atoms with E-state index in [0.29, 0.717) is 10.8 Å². The van der Waals surface area contributed by atoms with Crippen molar-refractivity contribution in [2.45, 2.75) is 13.8 Å². The maximum Gasteiger partial charge on any atom is 0.235 e. The number of nitrogens with two attached hydrogens (primary N) is 1. The quantitative estimate of drug-likeness (QED) is 0.351. The predicted molar refractivity (Wildman–Crippen MR) is 106 cm³/mol. The van der Waals surface area contributed by atoms with E-state index >= 15 is 0 Å². The summed E-state index contributed by atoms with van der Waals surface area (Å²) in [5.74, 6) is -0.206. The number of rotatable bonds is 6. The van der Waals surface area contributed by atoms with Gasteiger partial charge in [-0.3, -0.25) is 21.1 Å². The Hall–Kier alpha value is -2.78. The van der Waals surface area contributed by atoms with Crippen molar-refractivity contribution in [3.05, 3.63) is 52.5 Å². The molecule has 2 aromatic rings. The molecular formula is C16H18N6OS2. The van der Waals surface area contributed by atoms with E-state index in [-0.39, 0.29) is 11.0 Å². The van der Waals surface area contributed by atoms with Crippen molar-refractivity contribution in [2.24, 2.45) is 10.8 Å². The van der Waals surface area contributed by atoms with Crippen molar-refractivity contribution in [2.75, 3.05) is 5.43 Å². The topological polar surface area (TPSA) is 104 Å². The number of thiazole rings is 1. The van der Waals surface area contributed by atoms with E-state index in [1.807, 2.05) is 49.4 Å².